The number of aromatic nitrogens is 1. The van der Waals surface area contributed by atoms with E-state index in [9.17, 15) is 0 Å². The Morgan fingerprint density at radius 2 is 1.70 bits per heavy atom. The van der Waals surface area contributed by atoms with Crippen LogP contribution in [-0.2, 0) is 19.3 Å². The van der Waals surface area contributed by atoms with Crippen molar-refractivity contribution in [1.29, 1.82) is 0 Å². The molecule has 2 aliphatic rings. The SMILES string of the molecule is Cc1ccc(C#Cc2cccc3c2CCc2c-3ccc3c2CCC=C3)cn1. The topological polar surface area (TPSA) is 12.9 Å². The van der Waals surface area contributed by atoms with Gasteiger partial charge in [0, 0.05) is 23.0 Å². The number of hydrogen-bond acceptors (Lipinski definition) is 1. The van der Waals surface area contributed by atoms with Gasteiger partial charge in [0.05, 0.1) is 0 Å². The average Bonchev–Trinajstić information content (AvgIpc) is 2.72. The number of rotatable bonds is 0. The van der Waals surface area contributed by atoms with E-state index in [-0.39, 0.29) is 0 Å². The lowest BCUT2D eigenvalue weighted by molar-refractivity contribution is 0.885. The largest absolute Gasteiger partial charge is 0.260 e. The normalized spacial score (nSPS) is 13.8. The Bertz CT molecular complexity index is 1120. The second-order valence-corrected chi connectivity index (χ2v) is 7.37. The highest BCUT2D eigenvalue weighted by Gasteiger charge is 2.22. The van der Waals surface area contributed by atoms with Crippen LogP contribution >= 0.6 is 0 Å². The van der Waals surface area contributed by atoms with Gasteiger partial charge in [-0.05, 0) is 84.2 Å². The molecule has 0 fully saturated rings. The van der Waals surface area contributed by atoms with Crippen molar-refractivity contribution in [3.8, 4) is 23.0 Å². The molecule has 0 unspecified atom stereocenters. The summed E-state index contributed by atoms with van der Waals surface area (Å²) >= 11 is 0. The number of benzene rings is 2. The van der Waals surface area contributed by atoms with Crippen molar-refractivity contribution in [3.63, 3.8) is 0 Å². The fourth-order valence-corrected chi connectivity index (χ4v) is 4.30. The van der Waals surface area contributed by atoms with Crippen LogP contribution in [0.3, 0.4) is 0 Å². The molecule has 2 aromatic carbocycles. The average molecular weight is 347 g/mol. The Hall–Kier alpha value is -3.11. The summed E-state index contributed by atoms with van der Waals surface area (Å²) < 4.78 is 0. The van der Waals surface area contributed by atoms with Crippen LogP contribution in [0.4, 0.5) is 0 Å². The summed E-state index contributed by atoms with van der Waals surface area (Å²) in [5.41, 5.74) is 11.8. The van der Waals surface area contributed by atoms with E-state index < -0.39 is 0 Å². The maximum absolute atomic E-state index is 4.34. The quantitative estimate of drug-likeness (QED) is 0.488. The van der Waals surface area contributed by atoms with Crippen LogP contribution in [0.1, 0.15) is 45.5 Å². The molecule has 0 spiro atoms. The summed E-state index contributed by atoms with van der Waals surface area (Å²) in [5, 5.41) is 0. The van der Waals surface area contributed by atoms with Crippen LogP contribution in [0, 0.1) is 18.8 Å². The Kier molecular flexibility index (Phi) is 3.91. The van der Waals surface area contributed by atoms with Crippen LogP contribution in [-0.4, -0.2) is 4.98 Å². The first-order valence-corrected chi connectivity index (χ1v) is 9.68. The zero-order chi connectivity index (χ0) is 18.2. The highest BCUT2D eigenvalue weighted by atomic mass is 14.6. The molecule has 0 saturated heterocycles. The van der Waals surface area contributed by atoms with Gasteiger partial charge in [-0.25, -0.2) is 0 Å². The zero-order valence-corrected chi connectivity index (χ0v) is 15.5. The zero-order valence-electron chi connectivity index (χ0n) is 15.5. The molecule has 0 aliphatic heterocycles. The Morgan fingerprint density at radius 3 is 2.59 bits per heavy atom. The predicted octanol–water partition coefficient (Wildman–Crippen LogP) is 5.51. The summed E-state index contributed by atoms with van der Waals surface area (Å²) in [4.78, 5) is 4.34. The van der Waals surface area contributed by atoms with Crippen LogP contribution in [0.2, 0.25) is 0 Å². The monoisotopic (exact) mass is 347 g/mol. The molecule has 0 saturated carbocycles. The molecule has 1 heteroatoms. The van der Waals surface area contributed by atoms with E-state index in [1.54, 1.807) is 11.1 Å². The van der Waals surface area contributed by atoms with Gasteiger partial charge >= 0.3 is 0 Å². The number of pyridine rings is 1. The molecule has 0 N–H and O–H groups in total. The molecule has 27 heavy (non-hydrogen) atoms. The Morgan fingerprint density at radius 1 is 0.815 bits per heavy atom. The first-order valence-electron chi connectivity index (χ1n) is 9.68. The van der Waals surface area contributed by atoms with Crippen molar-refractivity contribution >= 4 is 6.08 Å². The van der Waals surface area contributed by atoms with Gasteiger partial charge < -0.3 is 0 Å². The summed E-state index contributed by atoms with van der Waals surface area (Å²) in [7, 11) is 0. The third-order valence-electron chi connectivity index (χ3n) is 5.67. The lowest BCUT2D eigenvalue weighted by atomic mass is 9.78. The van der Waals surface area contributed by atoms with Gasteiger partial charge in [-0.3, -0.25) is 4.98 Å². The fourth-order valence-electron chi connectivity index (χ4n) is 4.30. The molecule has 1 heterocycles. The van der Waals surface area contributed by atoms with E-state index in [1.165, 1.54) is 28.7 Å². The van der Waals surface area contributed by atoms with E-state index >= 15 is 0 Å². The van der Waals surface area contributed by atoms with Crippen LogP contribution in [0.5, 0.6) is 0 Å². The molecule has 1 aromatic heterocycles. The number of allylic oxidation sites excluding steroid dienone is 1. The molecule has 0 bridgehead atoms. The van der Waals surface area contributed by atoms with Crippen molar-refractivity contribution in [3.05, 3.63) is 93.8 Å². The van der Waals surface area contributed by atoms with E-state index in [0.717, 1.165) is 36.1 Å². The molecule has 0 amide bonds. The lowest BCUT2D eigenvalue weighted by Crippen LogP contribution is -2.11. The molecule has 0 atom stereocenters. The first kappa shape index (κ1) is 16.1. The Balaban J connectivity index is 1.59. The summed E-state index contributed by atoms with van der Waals surface area (Å²) in [5.74, 6) is 6.69. The molecule has 0 radical (unpaired) electrons. The number of hydrogen-bond donors (Lipinski definition) is 0. The minimum absolute atomic E-state index is 0.968. The van der Waals surface area contributed by atoms with Crippen molar-refractivity contribution in [2.45, 2.75) is 32.6 Å². The third-order valence-corrected chi connectivity index (χ3v) is 5.67. The van der Waals surface area contributed by atoms with Gasteiger partial charge in [0.15, 0.2) is 0 Å². The van der Waals surface area contributed by atoms with Gasteiger partial charge in [-0.1, -0.05) is 48.3 Å². The Labute approximate surface area is 160 Å². The van der Waals surface area contributed by atoms with Crippen LogP contribution < -0.4 is 0 Å². The predicted molar refractivity (Wildman–Crippen MR) is 112 cm³/mol. The molecule has 2 aliphatic carbocycles. The number of nitrogens with zero attached hydrogens (tertiary/aromatic N) is 1. The summed E-state index contributed by atoms with van der Waals surface area (Å²) in [6.07, 6.45) is 10.9. The van der Waals surface area contributed by atoms with Gasteiger partial charge in [-0.15, -0.1) is 0 Å². The molecular formula is C26H21N. The van der Waals surface area contributed by atoms with Gasteiger partial charge in [0.2, 0.25) is 0 Å². The van der Waals surface area contributed by atoms with Gasteiger partial charge in [0.1, 0.15) is 0 Å². The number of fused-ring (bicyclic) bond motifs is 5. The first-order chi connectivity index (χ1) is 13.3. The third kappa shape index (κ3) is 2.88. The smallest absolute Gasteiger partial charge is 0.0432 e. The molecule has 3 aromatic rings. The highest BCUT2D eigenvalue weighted by Crippen LogP contribution is 2.39. The second kappa shape index (κ2) is 6.56. The van der Waals surface area contributed by atoms with E-state index in [1.807, 2.05) is 25.3 Å². The summed E-state index contributed by atoms with van der Waals surface area (Å²) in [6.45, 7) is 2.00. The fraction of sp³-hybridized carbons (Fsp3) is 0.192. The number of aryl methyl sites for hydroxylation is 1. The minimum Gasteiger partial charge on any atom is -0.260 e. The van der Waals surface area contributed by atoms with Gasteiger partial charge in [0.25, 0.3) is 0 Å². The molecular weight excluding hydrogens is 326 g/mol. The maximum Gasteiger partial charge on any atom is 0.0432 e. The van der Waals surface area contributed by atoms with E-state index in [2.05, 4.69) is 59.3 Å². The second-order valence-electron chi connectivity index (χ2n) is 7.37. The maximum atomic E-state index is 4.34. The van der Waals surface area contributed by atoms with E-state index in [4.69, 9.17) is 0 Å². The standard InChI is InChI=1S/C26H21N/c1-18-9-10-19(17-27-18)11-12-21-6-4-8-24-23(21)15-16-25-22-7-3-2-5-20(22)13-14-26(24)25/h2,4-6,8-10,13-14,17H,3,7,15-16H2,1H3. The minimum atomic E-state index is 0.968. The van der Waals surface area contributed by atoms with Crippen molar-refractivity contribution in [2.24, 2.45) is 0 Å². The molecule has 1 nitrogen and oxygen atoms in total. The van der Waals surface area contributed by atoms with Crippen molar-refractivity contribution < 1.29 is 0 Å². The van der Waals surface area contributed by atoms with Crippen molar-refractivity contribution in [2.75, 3.05) is 0 Å². The molecule has 130 valence electrons. The van der Waals surface area contributed by atoms with Crippen LogP contribution in [0.25, 0.3) is 17.2 Å². The highest BCUT2D eigenvalue weighted by molar-refractivity contribution is 5.79. The van der Waals surface area contributed by atoms with Gasteiger partial charge in [-0.2, -0.15) is 0 Å². The summed E-state index contributed by atoms with van der Waals surface area (Å²) in [6, 6.07) is 15.2. The van der Waals surface area contributed by atoms with Crippen molar-refractivity contribution in [1.82, 2.24) is 4.98 Å². The van der Waals surface area contributed by atoms with Crippen LogP contribution in [0.15, 0.2) is 54.7 Å². The lowest BCUT2D eigenvalue weighted by Gasteiger charge is -2.26. The molecule has 5 rings (SSSR count). The van der Waals surface area contributed by atoms with E-state index in [0.29, 0.717) is 0 Å².